The van der Waals surface area contributed by atoms with Gasteiger partial charge in [0.15, 0.2) is 0 Å². The van der Waals surface area contributed by atoms with E-state index >= 15 is 0 Å². The van der Waals surface area contributed by atoms with E-state index in [9.17, 15) is 0 Å². The Morgan fingerprint density at radius 2 is 2.21 bits per heavy atom. The topological polar surface area (TPSA) is 68.3 Å². The van der Waals surface area contributed by atoms with Gasteiger partial charge in [0.1, 0.15) is 29.7 Å². The lowest BCUT2D eigenvalue weighted by molar-refractivity contribution is 0.268. The first-order valence-corrected chi connectivity index (χ1v) is 7.98. The zero-order chi connectivity index (χ0) is 17.1. The molecule has 2 heterocycles. The summed E-state index contributed by atoms with van der Waals surface area (Å²) in [5, 5.41) is 11.5. The molecule has 0 radical (unpaired) electrons. The molecule has 0 bridgehead atoms. The van der Waals surface area contributed by atoms with Gasteiger partial charge in [0.2, 0.25) is 4.77 Å². The van der Waals surface area contributed by atoms with Crippen molar-refractivity contribution in [3.63, 3.8) is 0 Å². The number of aryl methyl sites for hydroxylation is 2. The quantitative estimate of drug-likeness (QED) is 0.543. The highest BCUT2D eigenvalue weighted by molar-refractivity contribution is 7.71. The first-order valence-electron chi connectivity index (χ1n) is 7.19. The Labute approximate surface area is 148 Å². The van der Waals surface area contributed by atoms with Crippen LogP contribution in [0.4, 0.5) is 0 Å². The fraction of sp³-hybridized carbons (Fsp3) is 0.188. The van der Waals surface area contributed by atoms with E-state index in [1.807, 2.05) is 25.1 Å². The normalized spacial score (nSPS) is 11.3. The molecule has 0 unspecified atom stereocenters. The zero-order valence-electron chi connectivity index (χ0n) is 13.1. The van der Waals surface area contributed by atoms with E-state index in [4.69, 9.17) is 33.0 Å². The van der Waals surface area contributed by atoms with E-state index < -0.39 is 0 Å². The largest absolute Gasteiger partial charge is 0.484 e. The van der Waals surface area contributed by atoms with Crippen molar-refractivity contribution < 1.29 is 9.15 Å². The number of para-hydroxylation sites is 1. The van der Waals surface area contributed by atoms with Crippen LogP contribution in [0.2, 0.25) is 5.02 Å². The van der Waals surface area contributed by atoms with Crippen molar-refractivity contribution in [3.8, 4) is 5.75 Å². The Bertz CT molecular complexity index is 921. The lowest BCUT2D eigenvalue weighted by Gasteiger charge is -2.09. The van der Waals surface area contributed by atoms with Crippen LogP contribution >= 0.6 is 23.8 Å². The molecule has 0 saturated heterocycles. The predicted molar refractivity (Wildman–Crippen MR) is 94.4 cm³/mol. The summed E-state index contributed by atoms with van der Waals surface area (Å²) in [7, 11) is 0. The second-order valence-corrected chi connectivity index (χ2v) is 5.90. The number of rotatable bonds is 5. The summed E-state index contributed by atoms with van der Waals surface area (Å²) in [6.07, 6.45) is 1.57. The molecule has 3 rings (SSSR count). The van der Waals surface area contributed by atoms with Crippen LogP contribution in [0.5, 0.6) is 5.75 Å². The van der Waals surface area contributed by atoms with Gasteiger partial charge in [-0.15, -0.1) is 0 Å². The van der Waals surface area contributed by atoms with Gasteiger partial charge in [0, 0.05) is 0 Å². The molecule has 124 valence electrons. The van der Waals surface area contributed by atoms with Gasteiger partial charge in [-0.25, -0.2) is 0 Å². The maximum Gasteiger partial charge on any atom is 0.216 e. The first kappa shape index (κ1) is 16.5. The molecule has 3 aromatic rings. The van der Waals surface area contributed by atoms with Crippen LogP contribution in [0.25, 0.3) is 0 Å². The van der Waals surface area contributed by atoms with Gasteiger partial charge >= 0.3 is 0 Å². The Hall–Kier alpha value is -2.38. The number of H-pyrrole nitrogens is 1. The SMILES string of the molecule is Cc1cccc(Cl)c1OCc1ccc(/C=N/n2c(C)n[nH]c2=S)o1. The van der Waals surface area contributed by atoms with E-state index in [0.29, 0.717) is 32.9 Å². The van der Waals surface area contributed by atoms with Gasteiger partial charge in [-0.3, -0.25) is 5.10 Å². The third-order valence-corrected chi connectivity index (χ3v) is 3.88. The van der Waals surface area contributed by atoms with E-state index in [0.717, 1.165) is 5.56 Å². The molecule has 2 aromatic heterocycles. The van der Waals surface area contributed by atoms with Crippen LogP contribution in [-0.2, 0) is 6.61 Å². The molecule has 0 aliphatic rings. The van der Waals surface area contributed by atoms with E-state index in [1.54, 1.807) is 25.3 Å². The highest BCUT2D eigenvalue weighted by Crippen LogP contribution is 2.28. The van der Waals surface area contributed by atoms with Gasteiger partial charge in [0.25, 0.3) is 0 Å². The molecule has 1 N–H and O–H groups in total. The minimum atomic E-state index is 0.280. The Balaban J connectivity index is 1.69. The average molecular weight is 363 g/mol. The lowest BCUT2D eigenvalue weighted by Crippen LogP contribution is -1.96. The van der Waals surface area contributed by atoms with E-state index in [-0.39, 0.29) is 6.61 Å². The number of benzene rings is 1. The third kappa shape index (κ3) is 3.58. The monoisotopic (exact) mass is 362 g/mol. The number of nitrogens with zero attached hydrogens (tertiary/aromatic N) is 3. The molecule has 0 amide bonds. The van der Waals surface area contributed by atoms with Crippen LogP contribution in [0.15, 0.2) is 39.9 Å². The van der Waals surface area contributed by atoms with Crippen LogP contribution < -0.4 is 4.74 Å². The zero-order valence-corrected chi connectivity index (χ0v) is 14.7. The maximum atomic E-state index is 6.14. The highest BCUT2D eigenvalue weighted by Gasteiger charge is 2.07. The van der Waals surface area contributed by atoms with E-state index in [2.05, 4.69) is 15.3 Å². The molecule has 8 heteroatoms. The second kappa shape index (κ2) is 7.02. The standard InChI is InChI=1S/C16H15ClN4O2S/c1-10-4-3-5-14(17)15(10)22-9-13-7-6-12(23-13)8-18-21-11(2)19-20-16(21)24/h3-8H,9H2,1-2H3,(H,20,24)/b18-8+. The van der Waals surface area contributed by atoms with Gasteiger partial charge < -0.3 is 9.15 Å². The Kier molecular flexibility index (Phi) is 4.82. The molecule has 6 nitrogen and oxygen atoms in total. The van der Waals surface area contributed by atoms with Crippen molar-refractivity contribution in [1.82, 2.24) is 14.9 Å². The molecule has 24 heavy (non-hydrogen) atoms. The first-order chi connectivity index (χ1) is 11.5. The van der Waals surface area contributed by atoms with Gasteiger partial charge in [0.05, 0.1) is 11.2 Å². The van der Waals surface area contributed by atoms with Crippen molar-refractivity contribution in [2.24, 2.45) is 5.10 Å². The average Bonchev–Trinajstić information content (AvgIpc) is 3.12. The predicted octanol–water partition coefficient (Wildman–Crippen LogP) is 4.27. The number of furan rings is 1. The number of ether oxygens (including phenoxy) is 1. The molecule has 0 aliphatic heterocycles. The highest BCUT2D eigenvalue weighted by atomic mass is 35.5. The minimum Gasteiger partial charge on any atom is -0.484 e. The molecular formula is C16H15ClN4O2S. The number of hydrogen-bond donors (Lipinski definition) is 1. The molecule has 0 fully saturated rings. The molecular weight excluding hydrogens is 348 g/mol. The summed E-state index contributed by atoms with van der Waals surface area (Å²) in [6, 6.07) is 9.25. The number of hydrogen-bond acceptors (Lipinski definition) is 5. The summed E-state index contributed by atoms with van der Waals surface area (Å²) in [5.74, 6) is 2.59. The van der Waals surface area contributed by atoms with Crippen LogP contribution in [0.1, 0.15) is 22.9 Å². The maximum absolute atomic E-state index is 6.14. The van der Waals surface area contributed by atoms with Crippen molar-refractivity contribution in [2.75, 3.05) is 0 Å². The van der Waals surface area contributed by atoms with Crippen molar-refractivity contribution >= 4 is 30.0 Å². The van der Waals surface area contributed by atoms with E-state index in [1.165, 1.54) is 4.68 Å². The molecule has 0 aliphatic carbocycles. The molecule has 0 atom stereocenters. The van der Waals surface area contributed by atoms with Crippen LogP contribution in [0.3, 0.4) is 0 Å². The summed E-state index contributed by atoms with van der Waals surface area (Å²) >= 11 is 11.2. The Morgan fingerprint density at radius 1 is 1.38 bits per heavy atom. The third-order valence-electron chi connectivity index (χ3n) is 3.32. The fourth-order valence-electron chi connectivity index (χ4n) is 2.11. The number of halogens is 1. The summed E-state index contributed by atoms with van der Waals surface area (Å²) < 4.78 is 13.4. The van der Waals surface area contributed by atoms with Crippen molar-refractivity contribution in [2.45, 2.75) is 20.5 Å². The number of aromatic nitrogens is 3. The van der Waals surface area contributed by atoms with Crippen molar-refractivity contribution in [1.29, 1.82) is 0 Å². The Morgan fingerprint density at radius 3 is 2.92 bits per heavy atom. The molecule has 1 aromatic carbocycles. The fourth-order valence-corrected chi connectivity index (χ4v) is 2.61. The number of aromatic amines is 1. The summed E-state index contributed by atoms with van der Waals surface area (Å²) in [5.41, 5.74) is 0.973. The summed E-state index contributed by atoms with van der Waals surface area (Å²) in [4.78, 5) is 0. The lowest BCUT2D eigenvalue weighted by atomic mass is 10.2. The second-order valence-electron chi connectivity index (χ2n) is 5.11. The minimum absolute atomic E-state index is 0.280. The van der Waals surface area contributed by atoms with Gasteiger partial charge in [-0.05, 0) is 49.8 Å². The van der Waals surface area contributed by atoms with Crippen LogP contribution in [0, 0.1) is 18.6 Å². The summed E-state index contributed by atoms with van der Waals surface area (Å²) in [6.45, 7) is 4.03. The van der Waals surface area contributed by atoms with Crippen LogP contribution in [-0.4, -0.2) is 21.1 Å². The molecule has 0 spiro atoms. The van der Waals surface area contributed by atoms with Gasteiger partial charge in [-0.1, -0.05) is 23.7 Å². The smallest absolute Gasteiger partial charge is 0.216 e. The number of nitrogens with one attached hydrogen (secondary N) is 1. The van der Waals surface area contributed by atoms with Crippen molar-refractivity contribution in [3.05, 3.63) is 63.0 Å². The molecule has 0 saturated carbocycles. The van der Waals surface area contributed by atoms with Gasteiger partial charge in [-0.2, -0.15) is 14.9 Å².